The third-order valence-electron chi connectivity index (χ3n) is 3.78. The van der Waals surface area contributed by atoms with Gasteiger partial charge in [0.25, 0.3) is 0 Å². The molecule has 0 saturated carbocycles. The largest absolute Gasteiger partial charge is 0.326 e. The van der Waals surface area contributed by atoms with Gasteiger partial charge >= 0.3 is 0 Å². The smallest absolute Gasteiger partial charge is 0.138 e. The van der Waals surface area contributed by atoms with Crippen LogP contribution in [0.3, 0.4) is 0 Å². The number of halogens is 3. The molecule has 110 valence electrons. The molecule has 1 heterocycles. The average Bonchev–Trinajstić information content (AvgIpc) is 2.68. The maximum Gasteiger partial charge on any atom is 0.138 e. The van der Waals surface area contributed by atoms with Crippen LogP contribution in [0.15, 0.2) is 12.1 Å². The van der Waals surface area contributed by atoms with Crippen molar-refractivity contribution in [2.75, 3.05) is 0 Å². The molecular weight excluding hydrogens is 390 g/mol. The monoisotopic (exact) mass is 408 g/mol. The fourth-order valence-corrected chi connectivity index (χ4v) is 2.75. The van der Waals surface area contributed by atoms with Crippen LogP contribution in [0.4, 0.5) is 4.39 Å². The molecule has 0 amide bonds. The average molecular weight is 409 g/mol. The molecule has 20 heavy (non-hydrogen) atoms. The maximum atomic E-state index is 13.9. The molecule has 1 aromatic carbocycles. The third-order valence-corrected chi connectivity index (χ3v) is 4.81. The van der Waals surface area contributed by atoms with Crippen LogP contribution in [0, 0.1) is 21.2 Å². The lowest BCUT2D eigenvalue weighted by Crippen LogP contribution is -2.15. The highest BCUT2D eigenvalue weighted by Crippen LogP contribution is 2.28. The molecule has 2 atom stereocenters. The van der Waals surface area contributed by atoms with Gasteiger partial charge in [-0.25, -0.2) is 9.37 Å². The summed E-state index contributed by atoms with van der Waals surface area (Å²) in [6, 6.07) is 3.35. The number of fused-ring (bicyclic) bond motifs is 1. The molecule has 0 aliphatic carbocycles. The van der Waals surface area contributed by atoms with E-state index < -0.39 is 0 Å². The van der Waals surface area contributed by atoms with Gasteiger partial charge in [-0.3, -0.25) is 0 Å². The standard InChI is InChI=1S/C15H19ClFIN2/c1-8(2)9(3)7-20-14-5-11(17)12(18)6-13(14)19-15(20)10(4)16/h5-6,8-10H,7H2,1-4H3. The number of rotatable bonds is 4. The lowest BCUT2D eigenvalue weighted by Gasteiger charge is -2.19. The Hall–Kier alpha value is -0.360. The summed E-state index contributed by atoms with van der Waals surface area (Å²) in [4.78, 5) is 4.59. The highest BCUT2D eigenvalue weighted by Gasteiger charge is 2.19. The van der Waals surface area contributed by atoms with Gasteiger partial charge in [-0.15, -0.1) is 11.6 Å². The normalized spacial score (nSPS) is 15.0. The Bertz CT molecular complexity index is 622. The summed E-state index contributed by atoms with van der Waals surface area (Å²) >= 11 is 8.23. The first-order chi connectivity index (χ1) is 9.31. The number of imidazole rings is 1. The molecule has 0 radical (unpaired) electrons. The van der Waals surface area contributed by atoms with Crippen LogP contribution in [0.2, 0.25) is 0 Å². The Labute approximate surface area is 137 Å². The topological polar surface area (TPSA) is 17.8 Å². The molecule has 0 saturated heterocycles. The van der Waals surface area contributed by atoms with Gasteiger partial charge in [0.05, 0.1) is 20.0 Å². The molecule has 2 rings (SSSR count). The molecule has 0 aliphatic rings. The number of hydrogen-bond acceptors (Lipinski definition) is 1. The van der Waals surface area contributed by atoms with E-state index in [9.17, 15) is 4.39 Å². The fourth-order valence-electron chi connectivity index (χ4n) is 2.13. The highest BCUT2D eigenvalue weighted by atomic mass is 127. The van der Waals surface area contributed by atoms with Gasteiger partial charge in [0.15, 0.2) is 0 Å². The zero-order valence-corrected chi connectivity index (χ0v) is 15.0. The van der Waals surface area contributed by atoms with E-state index in [1.807, 2.05) is 29.5 Å². The van der Waals surface area contributed by atoms with Crippen LogP contribution in [-0.2, 0) is 6.54 Å². The summed E-state index contributed by atoms with van der Waals surface area (Å²) in [5.41, 5.74) is 1.65. The lowest BCUT2D eigenvalue weighted by molar-refractivity contribution is 0.364. The zero-order valence-electron chi connectivity index (χ0n) is 12.1. The summed E-state index contributed by atoms with van der Waals surface area (Å²) < 4.78 is 16.5. The summed E-state index contributed by atoms with van der Waals surface area (Å²) in [7, 11) is 0. The van der Waals surface area contributed by atoms with E-state index >= 15 is 0 Å². The summed E-state index contributed by atoms with van der Waals surface area (Å²) in [6.45, 7) is 9.29. The van der Waals surface area contributed by atoms with Gasteiger partial charge < -0.3 is 4.57 Å². The van der Waals surface area contributed by atoms with Crippen molar-refractivity contribution in [3.63, 3.8) is 0 Å². The van der Waals surface area contributed by atoms with Crippen LogP contribution in [0.25, 0.3) is 11.0 Å². The van der Waals surface area contributed by atoms with E-state index in [-0.39, 0.29) is 11.2 Å². The SMILES string of the molecule is CC(Cl)c1nc2cc(I)c(F)cc2n1CC(C)C(C)C. The first-order valence-corrected chi connectivity index (χ1v) is 8.32. The summed E-state index contributed by atoms with van der Waals surface area (Å²) in [5, 5.41) is -0.192. The molecule has 0 aliphatic heterocycles. The van der Waals surface area contributed by atoms with Crippen molar-refractivity contribution in [1.82, 2.24) is 9.55 Å². The molecule has 0 fully saturated rings. The van der Waals surface area contributed by atoms with E-state index in [2.05, 4.69) is 30.3 Å². The second kappa shape index (κ2) is 6.18. The van der Waals surface area contributed by atoms with Crippen molar-refractivity contribution in [1.29, 1.82) is 0 Å². The van der Waals surface area contributed by atoms with Gasteiger partial charge in [0.2, 0.25) is 0 Å². The Balaban J connectivity index is 2.59. The molecule has 2 nitrogen and oxygen atoms in total. The molecular formula is C15H19ClFIN2. The van der Waals surface area contributed by atoms with Gasteiger partial charge in [-0.2, -0.15) is 0 Å². The van der Waals surface area contributed by atoms with E-state index in [1.165, 1.54) is 0 Å². The van der Waals surface area contributed by atoms with Gasteiger partial charge in [0, 0.05) is 12.6 Å². The second-order valence-electron chi connectivity index (χ2n) is 5.67. The van der Waals surface area contributed by atoms with E-state index in [0.717, 1.165) is 23.4 Å². The molecule has 0 spiro atoms. The van der Waals surface area contributed by atoms with Crippen molar-refractivity contribution in [3.05, 3.63) is 27.3 Å². The highest BCUT2D eigenvalue weighted by molar-refractivity contribution is 14.1. The third kappa shape index (κ3) is 3.11. The molecule has 0 bridgehead atoms. The quantitative estimate of drug-likeness (QED) is 0.491. The minimum atomic E-state index is -0.203. The summed E-state index contributed by atoms with van der Waals surface area (Å²) in [5.74, 6) is 1.64. The number of aromatic nitrogens is 2. The molecule has 2 aromatic rings. The number of alkyl halides is 1. The maximum absolute atomic E-state index is 13.9. The minimum absolute atomic E-state index is 0.192. The summed E-state index contributed by atoms with van der Waals surface area (Å²) in [6.07, 6.45) is 0. The van der Waals surface area contributed by atoms with Crippen LogP contribution in [0.1, 0.15) is 38.9 Å². The Morgan fingerprint density at radius 2 is 1.95 bits per heavy atom. The fraction of sp³-hybridized carbons (Fsp3) is 0.533. The molecule has 0 N–H and O–H groups in total. The van der Waals surface area contributed by atoms with Crippen LogP contribution in [-0.4, -0.2) is 9.55 Å². The van der Waals surface area contributed by atoms with Crippen molar-refractivity contribution in [3.8, 4) is 0 Å². The van der Waals surface area contributed by atoms with Gasteiger partial charge in [-0.1, -0.05) is 20.8 Å². The number of benzene rings is 1. The van der Waals surface area contributed by atoms with Crippen LogP contribution < -0.4 is 0 Å². The van der Waals surface area contributed by atoms with Gasteiger partial charge in [-0.05, 0) is 47.4 Å². The first kappa shape index (κ1) is 16.0. The van der Waals surface area contributed by atoms with Gasteiger partial charge in [0.1, 0.15) is 11.6 Å². The van der Waals surface area contributed by atoms with E-state index in [0.29, 0.717) is 15.4 Å². The Kier molecular flexibility index (Phi) is 4.95. The second-order valence-corrected chi connectivity index (χ2v) is 7.49. The zero-order chi connectivity index (χ0) is 15.0. The first-order valence-electron chi connectivity index (χ1n) is 6.80. The van der Waals surface area contributed by atoms with E-state index in [4.69, 9.17) is 11.6 Å². The predicted molar refractivity (Wildman–Crippen MR) is 90.7 cm³/mol. The van der Waals surface area contributed by atoms with Crippen LogP contribution in [0.5, 0.6) is 0 Å². The minimum Gasteiger partial charge on any atom is -0.326 e. The van der Waals surface area contributed by atoms with Crippen molar-refractivity contribution in [2.45, 2.75) is 39.6 Å². The van der Waals surface area contributed by atoms with Crippen molar-refractivity contribution < 1.29 is 4.39 Å². The molecule has 2 unspecified atom stereocenters. The van der Waals surface area contributed by atoms with Crippen molar-refractivity contribution >= 4 is 45.2 Å². The Morgan fingerprint density at radius 3 is 2.50 bits per heavy atom. The van der Waals surface area contributed by atoms with Crippen LogP contribution >= 0.6 is 34.2 Å². The molecule has 5 heteroatoms. The van der Waals surface area contributed by atoms with E-state index in [1.54, 1.807) is 12.1 Å². The van der Waals surface area contributed by atoms with Crippen molar-refractivity contribution in [2.24, 2.45) is 11.8 Å². The predicted octanol–water partition coefficient (Wildman–Crippen LogP) is 5.37. The number of nitrogens with zero attached hydrogens (tertiary/aromatic N) is 2. The lowest BCUT2D eigenvalue weighted by atomic mass is 9.98. The Morgan fingerprint density at radius 1 is 1.30 bits per heavy atom. The molecule has 1 aromatic heterocycles. The number of hydrogen-bond donors (Lipinski definition) is 0.